The molecule has 1 amide bonds. The number of aromatic nitrogens is 4. The molecule has 0 aliphatic heterocycles. The van der Waals surface area contributed by atoms with Gasteiger partial charge in [0.05, 0.1) is 4.92 Å². The van der Waals surface area contributed by atoms with Gasteiger partial charge in [-0.3, -0.25) is 20.2 Å². The predicted octanol–water partition coefficient (Wildman–Crippen LogP) is 3.50. The van der Waals surface area contributed by atoms with Crippen LogP contribution in [0.15, 0.2) is 42.5 Å². The number of carbonyl (C=O) groups excluding carboxylic acids is 1. The molecule has 2 aromatic carbocycles. The number of nitro groups is 1. The first kappa shape index (κ1) is 20.5. The van der Waals surface area contributed by atoms with Crippen molar-refractivity contribution in [2.75, 3.05) is 5.32 Å². The van der Waals surface area contributed by atoms with Gasteiger partial charge in [0.2, 0.25) is 4.96 Å². The molecule has 2 heterocycles. The first-order chi connectivity index (χ1) is 14.8. The molecule has 0 aliphatic carbocycles. The van der Waals surface area contributed by atoms with Crippen molar-refractivity contribution in [2.24, 2.45) is 0 Å². The van der Waals surface area contributed by atoms with Gasteiger partial charge < -0.3 is 5.32 Å². The van der Waals surface area contributed by atoms with Gasteiger partial charge in [-0.25, -0.2) is 0 Å². The van der Waals surface area contributed by atoms with Crippen LogP contribution in [0.5, 0.6) is 0 Å². The number of nitrogens with one attached hydrogen (secondary N) is 2. The van der Waals surface area contributed by atoms with Gasteiger partial charge in [0.25, 0.3) is 11.6 Å². The summed E-state index contributed by atoms with van der Waals surface area (Å²) in [7, 11) is 0. The van der Waals surface area contributed by atoms with Crippen molar-refractivity contribution in [2.45, 2.75) is 13.8 Å². The Bertz CT molecular complexity index is 1350. The number of nitro benzene ring substituents is 1. The first-order valence-corrected chi connectivity index (χ1v) is 10.2. The second-order valence-electron chi connectivity index (χ2n) is 6.59. The number of anilines is 1. The van der Waals surface area contributed by atoms with E-state index in [4.69, 9.17) is 12.2 Å². The van der Waals surface area contributed by atoms with Crippen LogP contribution >= 0.6 is 23.6 Å². The largest absolute Gasteiger partial charge is 0.332 e. The third-order valence-corrected chi connectivity index (χ3v) is 5.58. The Labute approximate surface area is 185 Å². The predicted molar refractivity (Wildman–Crippen MR) is 120 cm³/mol. The summed E-state index contributed by atoms with van der Waals surface area (Å²) in [5.41, 5.74) is 2.43. The van der Waals surface area contributed by atoms with E-state index in [-0.39, 0.29) is 16.4 Å². The van der Waals surface area contributed by atoms with Crippen LogP contribution in [0.2, 0.25) is 0 Å². The van der Waals surface area contributed by atoms with Crippen LogP contribution in [-0.2, 0) is 0 Å². The van der Waals surface area contributed by atoms with Crippen LogP contribution in [0.3, 0.4) is 0 Å². The van der Waals surface area contributed by atoms with Crippen molar-refractivity contribution in [3.63, 3.8) is 0 Å². The number of benzene rings is 2. The fraction of sp³-hybridized carbons (Fsp3) is 0.105. The molecule has 0 saturated heterocycles. The molecule has 4 rings (SSSR count). The number of non-ortho nitro benzene ring substituents is 1. The number of nitrogens with zero attached hydrogens (tertiary/aromatic N) is 5. The lowest BCUT2D eigenvalue weighted by molar-refractivity contribution is -0.384. The molecule has 31 heavy (non-hydrogen) atoms. The standard InChI is InChI=1S/C19H15N7O3S2/c1-10-6-7-13(17-24-25-11(2)22-23-19(25)31-17)9-15(10)20-18(30)21-16(27)12-4-3-5-14(8-12)26(28)29/h3-9H,1-2H3,(H2,20,21,27,30). The number of aryl methyl sites for hydroxylation is 2. The highest BCUT2D eigenvalue weighted by Crippen LogP contribution is 2.29. The zero-order valence-electron chi connectivity index (χ0n) is 16.3. The van der Waals surface area contributed by atoms with Crippen molar-refractivity contribution in [1.29, 1.82) is 0 Å². The summed E-state index contributed by atoms with van der Waals surface area (Å²) < 4.78 is 1.68. The molecule has 0 atom stereocenters. The maximum absolute atomic E-state index is 12.4. The zero-order chi connectivity index (χ0) is 22.1. The lowest BCUT2D eigenvalue weighted by Crippen LogP contribution is -2.34. The van der Waals surface area contributed by atoms with E-state index in [0.29, 0.717) is 16.5 Å². The molecule has 4 aromatic rings. The topological polar surface area (TPSA) is 127 Å². The van der Waals surface area contributed by atoms with E-state index in [2.05, 4.69) is 25.9 Å². The van der Waals surface area contributed by atoms with Gasteiger partial charge in [0.15, 0.2) is 10.9 Å². The number of carbonyl (C=O) groups is 1. The quantitative estimate of drug-likeness (QED) is 0.273. The van der Waals surface area contributed by atoms with E-state index in [9.17, 15) is 14.9 Å². The van der Waals surface area contributed by atoms with Gasteiger partial charge in [0, 0.05) is 28.9 Å². The number of rotatable bonds is 4. The van der Waals surface area contributed by atoms with E-state index in [0.717, 1.165) is 16.1 Å². The SMILES string of the molecule is Cc1ccc(-c2nn3c(C)nnc3s2)cc1NC(=S)NC(=O)c1cccc([N+](=O)[O-])c1. The average molecular weight is 454 g/mol. The van der Waals surface area contributed by atoms with Crippen LogP contribution in [-0.4, -0.2) is 35.8 Å². The average Bonchev–Trinajstić information content (AvgIpc) is 3.32. The molecule has 2 aromatic heterocycles. The molecule has 0 radical (unpaired) electrons. The van der Waals surface area contributed by atoms with Gasteiger partial charge in [0.1, 0.15) is 5.01 Å². The number of fused-ring (bicyclic) bond motifs is 1. The minimum Gasteiger partial charge on any atom is -0.332 e. The molecule has 0 unspecified atom stereocenters. The Morgan fingerprint density at radius 3 is 2.74 bits per heavy atom. The summed E-state index contributed by atoms with van der Waals surface area (Å²) >= 11 is 6.67. The van der Waals surface area contributed by atoms with Crippen LogP contribution in [0.4, 0.5) is 11.4 Å². The number of amides is 1. The fourth-order valence-electron chi connectivity index (χ4n) is 2.81. The lowest BCUT2D eigenvalue weighted by Gasteiger charge is -2.12. The Kier molecular flexibility index (Phi) is 5.40. The summed E-state index contributed by atoms with van der Waals surface area (Å²) in [6.07, 6.45) is 0. The third kappa shape index (κ3) is 4.25. The second kappa shape index (κ2) is 8.16. The molecule has 0 aliphatic rings. The van der Waals surface area contributed by atoms with E-state index in [1.165, 1.54) is 35.6 Å². The van der Waals surface area contributed by atoms with Gasteiger partial charge >= 0.3 is 0 Å². The molecular formula is C19H15N7O3S2. The molecule has 156 valence electrons. The Morgan fingerprint density at radius 1 is 1.19 bits per heavy atom. The third-order valence-electron chi connectivity index (χ3n) is 4.43. The first-order valence-electron chi connectivity index (χ1n) is 8.98. The summed E-state index contributed by atoms with van der Waals surface area (Å²) in [4.78, 5) is 23.5. The minimum absolute atomic E-state index is 0.0748. The van der Waals surface area contributed by atoms with E-state index < -0.39 is 10.8 Å². The van der Waals surface area contributed by atoms with Gasteiger partial charge in [-0.2, -0.15) is 9.61 Å². The lowest BCUT2D eigenvalue weighted by atomic mass is 10.1. The van der Waals surface area contributed by atoms with Gasteiger partial charge in [-0.15, -0.1) is 10.2 Å². The van der Waals surface area contributed by atoms with Crippen molar-refractivity contribution >= 4 is 50.9 Å². The van der Waals surface area contributed by atoms with Crippen molar-refractivity contribution in [3.05, 3.63) is 69.5 Å². The van der Waals surface area contributed by atoms with Crippen molar-refractivity contribution < 1.29 is 9.72 Å². The summed E-state index contributed by atoms with van der Waals surface area (Å²) in [6.45, 7) is 3.73. The number of hydrogen-bond donors (Lipinski definition) is 2. The van der Waals surface area contributed by atoms with Crippen molar-refractivity contribution in [3.8, 4) is 10.6 Å². The second-order valence-corrected chi connectivity index (χ2v) is 7.96. The molecule has 2 N–H and O–H groups in total. The van der Waals surface area contributed by atoms with E-state index in [1.54, 1.807) is 4.52 Å². The summed E-state index contributed by atoms with van der Waals surface area (Å²) in [6, 6.07) is 11.2. The molecule has 0 saturated carbocycles. The molecular weight excluding hydrogens is 438 g/mol. The van der Waals surface area contributed by atoms with Crippen LogP contribution in [0.1, 0.15) is 21.7 Å². The van der Waals surface area contributed by atoms with Crippen molar-refractivity contribution in [1.82, 2.24) is 25.1 Å². The zero-order valence-corrected chi connectivity index (χ0v) is 18.0. The number of thiocarbonyl (C=S) groups is 1. The van der Waals surface area contributed by atoms with Crippen LogP contribution in [0, 0.1) is 24.0 Å². The summed E-state index contributed by atoms with van der Waals surface area (Å²) in [5.74, 6) is 0.159. The Morgan fingerprint density at radius 2 is 2.00 bits per heavy atom. The van der Waals surface area contributed by atoms with Crippen LogP contribution < -0.4 is 10.6 Å². The highest BCUT2D eigenvalue weighted by Gasteiger charge is 2.15. The smallest absolute Gasteiger partial charge is 0.270 e. The van der Waals surface area contributed by atoms with Gasteiger partial charge in [-0.1, -0.05) is 29.5 Å². The summed E-state index contributed by atoms with van der Waals surface area (Å²) in [5, 5.41) is 29.9. The highest BCUT2D eigenvalue weighted by atomic mass is 32.1. The fourth-order valence-corrected chi connectivity index (χ4v) is 3.89. The molecule has 10 nitrogen and oxygen atoms in total. The molecule has 0 spiro atoms. The van der Waals surface area contributed by atoms with E-state index in [1.807, 2.05) is 32.0 Å². The Hall–Kier alpha value is -3.77. The minimum atomic E-state index is -0.560. The maximum atomic E-state index is 12.4. The molecule has 0 bridgehead atoms. The Balaban J connectivity index is 1.51. The van der Waals surface area contributed by atoms with E-state index >= 15 is 0 Å². The molecule has 12 heteroatoms. The maximum Gasteiger partial charge on any atom is 0.270 e. The van der Waals surface area contributed by atoms with Gasteiger partial charge in [-0.05, 0) is 43.8 Å². The molecule has 0 fully saturated rings. The van der Waals surface area contributed by atoms with Crippen LogP contribution in [0.25, 0.3) is 15.5 Å². The normalized spacial score (nSPS) is 10.8. The number of hydrogen-bond acceptors (Lipinski definition) is 8. The highest BCUT2D eigenvalue weighted by molar-refractivity contribution is 7.80. The monoisotopic (exact) mass is 453 g/mol.